The van der Waals surface area contributed by atoms with Gasteiger partial charge in [0.05, 0.1) is 6.54 Å². The van der Waals surface area contributed by atoms with Gasteiger partial charge >= 0.3 is 0 Å². The number of amides is 1. The number of aliphatic hydroxyl groups excluding tert-OH is 1. The second-order valence-electron chi connectivity index (χ2n) is 6.38. The summed E-state index contributed by atoms with van der Waals surface area (Å²) in [5.74, 6) is 1.36. The number of hydrogen-bond acceptors (Lipinski definition) is 5. The Labute approximate surface area is 128 Å². The first-order valence-electron chi connectivity index (χ1n) is 7.70. The normalized spacial score (nSPS) is 24.6. The third kappa shape index (κ3) is 2.77. The Morgan fingerprint density at radius 2 is 2.18 bits per heavy atom. The molecular weight excluding hydrogens is 287 g/mol. The van der Waals surface area contributed by atoms with Crippen LogP contribution in [0, 0.1) is 5.92 Å². The van der Waals surface area contributed by atoms with Crippen molar-refractivity contribution < 1.29 is 14.3 Å². The van der Waals surface area contributed by atoms with Crippen molar-refractivity contribution in [2.45, 2.75) is 39.0 Å². The first-order valence-corrected chi connectivity index (χ1v) is 7.70. The zero-order chi connectivity index (χ0) is 15.9. The number of aliphatic hydroxyl groups is 1. The minimum Gasteiger partial charge on any atom is -0.388 e. The summed E-state index contributed by atoms with van der Waals surface area (Å²) in [7, 11) is 0. The Hall–Kier alpha value is -1.76. The number of carbonyl (C=O) groups is 1. The van der Waals surface area contributed by atoms with Gasteiger partial charge in [0.2, 0.25) is 0 Å². The fourth-order valence-corrected chi connectivity index (χ4v) is 2.96. The molecule has 2 aliphatic rings. The van der Waals surface area contributed by atoms with Crippen LogP contribution in [0.25, 0.3) is 0 Å². The zero-order valence-corrected chi connectivity index (χ0v) is 12.8. The van der Waals surface area contributed by atoms with E-state index in [2.05, 4.69) is 29.1 Å². The molecule has 0 bridgehead atoms. The van der Waals surface area contributed by atoms with Crippen LogP contribution in [0.1, 0.15) is 35.7 Å². The lowest BCUT2D eigenvalue weighted by atomic mass is 10.0. The van der Waals surface area contributed by atoms with Gasteiger partial charge < -0.3 is 15.3 Å². The zero-order valence-electron chi connectivity index (χ0n) is 12.8. The molecule has 1 amide bonds. The number of halogens is 1. The van der Waals surface area contributed by atoms with Gasteiger partial charge in [-0.05, 0) is 12.3 Å². The number of aromatic nitrogens is 2. The van der Waals surface area contributed by atoms with Crippen molar-refractivity contribution in [3.8, 4) is 0 Å². The summed E-state index contributed by atoms with van der Waals surface area (Å²) in [6.07, 6.45) is -1.00. The van der Waals surface area contributed by atoms with Crippen molar-refractivity contribution in [1.29, 1.82) is 0 Å². The van der Waals surface area contributed by atoms with Crippen LogP contribution in [-0.4, -0.2) is 52.9 Å². The first-order chi connectivity index (χ1) is 10.5. The van der Waals surface area contributed by atoms with E-state index in [0.717, 1.165) is 5.56 Å². The summed E-state index contributed by atoms with van der Waals surface area (Å²) in [5.41, 5.74) is 1.15. The number of carbonyl (C=O) groups excluding carboxylic acids is 1. The van der Waals surface area contributed by atoms with Crippen molar-refractivity contribution in [3.05, 3.63) is 17.1 Å². The Morgan fingerprint density at radius 3 is 2.82 bits per heavy atom. The van der Waals surface area contributed by atoms with Crippen LogP contribution >= 0.6 is 0 Å². The monoisotopic (exact) mass is 308 g/mol. The third-order valence-corrected chi connectivity index (χ3v) is 4.02. The van der Waals surface area contributed by atoms with Gasteiger partial charge in [0.15, 0.2) is 0 Å². The minimum atomic E-state index is -1.28. The van der Waals surface area contributed by atoms with E-state index in [1.165, 1.54) is 0 Å². The Morgan fingerprint density at radius 1 is 1.41 bits per heavy atom. The van der Waals surface area contributed by atoms with Crippen LogP contribution in [0.5, 0.6) is 0 Å². The maximum atomic E-state index is 13.7. The van der Waals surface area contributed by atoms with E-state index in [4.69, 9.17) is 0 Å². The van der Waals surface area contributed by atoms with Gasteiger partial charge in [0.25, 0.3) is 5.91 Å². The van der Waals surface area contributed by atoms with Crippen LogP contribution in [0.2, 0.25) is 0 Å². The van der Waals surface area contributed by atoms with Crippen molar-refractivity contribution in [1.82, 2.24) is 15.3 Å². The molecule has 2 atom stereocenters. The molecule has 1 aromatic heterocycles. The number of nitrogens with zero attached hydrogens (tertiary/aromatic N) is 3. The van der Waals surface area contributed by atoms with Gasteiger partial charge in [-0.15, -0.1) is 0 Å². The highest BCUT2D eigenvalue weighted by Gasteiger charge is 2.35. The lowest BCUT2D eigenvalue weighted by Gasteiger charge is -2.25. The van der Waals surface area contributed by atoms with Crippen molar-refractivity contribution in [2.24, 2.45) is 5.92 Å². The molecule has 3 rings (SSSR count). The van der Waals surface area contributed by atoms with Crippen LogP contribution in [0.3, 0.4) is 0 Å². The Balaban J connectivity index is 2.03. The van der Waals surface area contributed by atoms with Gasteiger partial charge in [0.1, 0.15) is 29.6 Å². The van der Waals surface area contributed by atoms with Crippen LogP contribution in [0.4, 0.5) is 10.2 Å². The molecule has 0 saturated carbocycles. The minimum absolute atomic E-state index is 0.105. The van der Waals surface area contributed by atoms with Crippen LogP contribution in [-0.2, 0) is 12.8 Å². The summed E-state index contributed by atoms with van der Waals surface area (Å²) in [4.78, 5) is 22.8. The average molecular weight is 308 g/mol. The molecule has 3 heterocycles. The van der Waals surface area contributed by atoms with Crippen LogP contribution in [0.15, 0.2) is 0 Å². The number of hydrogen-bond donors (Lipinski definition) is 2. The van der Waals surface area contributed by atoms with Crippen molar-refractivity contribution in [2.75, 3.05) is 24.5 Å². The lowest BCUT2D eigenvalue weighted by molar-refractivity contribution is 0.0940. The summed E-state index contributed by atoms with van der Waals surface area (Å²) < 4.78 is 13.7. The van der Waals surface area contributed by atoms with E-state index in [1.807, 2.05) is 0 Å². The van der Waals surface area contributed by atoms with Crippen molar-refractivity contribution >= 4 is 11.7 Å². The largest absolute Gasteiger partial charge is 0.388 e. The van der Waals surface area contributed by atoms with E-state index in [0.29, 0.717) is 42.6 Å². The lowest BCUT2D eigenvalue weighted by Crippen LogP contribution is -2.36. The average Bonchev–Trinajstić information content (AvgIpc) is 2.78. The molecule has 0 aromatic carbocycles. The smallest absolute Gasteiger partial charge is 0.270 e. The molecule has 0 radical (unpaired) electrons. The van der Waals surface area contributed by atoms with Gasteiger partial charge in [-0.3, -0.25) is 4.79 Å². The van der Waals surface area contributed by atoms with Gasteiger partial charge in [-0.1, -0.05) is 13.8 Å². The van der Waals surface area contributed by atoms with Crippen LogP contribution < -0.4 is 10.2 Å². The maximum Gasteiger partial charge on any atom is 0.270 e. The molecule has 0 spiro atoms. The molecule has 2 N–H and O–H groups in total. The molecule has 22 heavy (non-hydrogen) atoms. The fraction of sp³-hybridized carbons (Fsp3) is 0.667. The Kier molecular flexibility index (Phi) is 3.99. The summed E-state index contributed by atoms with van der Waals surface area (Å²) >= 11 is 0. The summed E-state index contributed by atoms with van der Waals surface area (Å²) in [6, 6.07) is 0. The molecule has 1 fully saturated rings. The highest BCUT2D eigenvalue weighted by atomic mass is 19.1. The number of alkyl halides is 1. The van der Waals surface area contributed by atoms with E-state index >= 15 is 0 Å². The fourth-order valence-electron chi connectivity index (χ4n) is 2.96. The predicted octanol–water partition coefficient (Wildman–Crippen LogP) is 0.480. The summed E-state index contributed by atoms with van der Waals surface area (Å²) in [6.45, 7) is 4.95. The SMILES string of the molecule is CC(C)Cc1nc2c(c(N3C[C@@H](O)[C@H](F)C3)n1)CCNC2=O. The predicted molar refractivity (Wildman–Crippen MR) is 79.7 cm³/mol. The second kappa shape index (κ2) is 5.79. The number of anilines is 1. The quantitative estimate of drug-likeness (QED) is 0.849. The highest BCUT2D eigenvalue weighted by Crippen LogP contribution is 2.28. The molecule has 7 heteroatoms. The second-order valence-corrected chi connectivity index (χ2v) is 6.38. The molecule has 1 saturated heterocycles. The molecule has 0 aliphatic carbocycles. The van der Waals surface area contributed by atoms with Gasteiger partial charge in [-0.2, -0.15) is 0 Å². The Bertz CT molecular complexity index is 583. The van der Waals surface area contributed by atoms with Gasteiger partial charge in [-0.25, -0.2) is 14.4 Å². The number of β-amino-alcohol motifs (C(OH)–C–C–N with tert-alkyl or cyclic N) is 1. The number of nitrogens with one attached hydrogen (secondary N) is 1. The maximum absolute atomic E-state index is 13.7. The topological polar surface area (TPSA) is 78.3 Å². The molecule has 1 aromatic rings. The molecule has 120 valence electrons. The molecule has 0 unspecified atom stereocenters. The highest BCUT2D eigenvalue weighted by molar-refractivity contribution is 5.96. The van der Waals surface area contributed by atoms with E-state index < -0.39 is 12.3 Å². The van der Waals surface area contributed by atoms with Crippen molar-refractivity contribution in [3.63, 3.8) is 0 Å². The third-order valence-electron chi connectivity index (χ3n) is 4.02. The number of rotatable bonds is 3. The summed E-state index contributed by atoms with van der Waals surface area (Å²) in [5, 5.41) is 12.4. The van der Waals surface area contributed by atoms with E-state index in [9.17, 15) is 14.3 Å². The molecule has 6 nitrogen and oxygen atoms in total. The standard InChI is InChI=1S/C15H21FN4O2/c1-8(2)5-12-18-13-9(3-4-17-15(13)22)14(19-12)20-6-10(16)11(21)7-20/h8,10-11,21H,3-7H2,1-2H3,(H,17,22)/t10-,11-/m1/s1. The van der Waals surface area contributed by atoms with E-state index in [-0.39, 0.29) is 19.0 Å². The number of fused-ring (bicyclic) bond motifs is 1. The van der Waals surface area contributed by atoms with E-state index in [1.54, 1.807) is 4.90 Å². The first kappa shape index (κ1) is 15.1. The van der Waals surface area contributed by atoms with Gasteiger partial charge in [0, 0.05) is 25.1 Å². The molecule has 2 aliphatic heterocycles. The molecular formula is C15H21FN4O2.